The molecule has 2 aliphatic rings. The Morgan fingerprint density at radius 2 is 2.04 bits per heavy atom. The van der Waals surface area contributed by atoms with Crippen LogP contribution in [-0.2, 0) is 10.0 Å². The predicted molar refractivity (Wildman–Crippen MR) is 92.9 cm³/mol. The second-order valence-corrected chi connectivity index (χ2v) is 8.93. The summed E-state index contributed by atoms with van der Waals surface area (Å²) in [5.74, 6) is 0.455. The first-order chi connectivity index (χ1) is 11.4. The summed E-state index contributed by atoms with van der Waals surface area (Å²) in [6, 6.07) is 5.13. The lowest BCUT2D eigenvalue weighted by Crippen LogP contribution is -2.45. The number of hydrogen-bond donors (Lipinski definition) is 1. The number of fused-ring (bicyclic) bond motifs is 2. The molecule has 6 nitrogen and oxygen atoms in total. The van der Waals surface area contributed by atoms with Crippen LogP contribution in [0.1, 0.15) is 49.9 Å². The van der Waals surface area contributed by atoms with Gasteiger partial charge in [-0.2, -0.15) is 0 Å². The van der Waals surface area contributed by atoms with Crippen molar-refractivity contribution in [3.05, 3.63) is 23.8 Å². The molecule has 24 heavy (non-hydrogen) atoms. The number of hydrogen-bond acceptors (Lipinski definition) is 4. The Kier molecular flexibility index (Phi) is 4.71. The number of ether oxygens (including phenoxy) is 1. The van der Waals surface area contributed by atoms with Crippen molar-refractivity contribution in [3.8, 4) is 5.75 Å². The first-order valence-electron chi connectivity index (χ1n) is 8.48. The van der Waals surface area contributed by atoms with Crippen LogP contribution in [0.4, 0.5) is 5.69 Å². The van der Waals surface area contributed by atoms with Crippen LogP contribution in [0.2, 0.25) is 0 Å². The van der Waals surface area contributed by atoms with Crippen LogP contribution in [0, 0.1) is 0 Å². The highest BCUT2D eigenvalue weighted by Gasteiger charge is 2.31. The first-order valence-corrected chi connectivity index (χ1v) is 10.0. The second kappa shape index (κ2) is 6.63. The third-order valence-corrected chi connectivity index (χ3v) is 6.45. The number of nitrogens with zero attached hydrogens (tertiary/aromatic N) is 1. The Morgan fingerprint density at radius 3 is 2.79 bits per heavy atom. The van der Waals surface area contributed by atoms with Crippen LogP contribution in [0.15, 0.2) is 18.2 Å². The van der Waals surface area contributed by atoms with Crippen molar-refractivity contribution in [2.24, 2.45) is 0 Å². The fourth-order valence-corrected chi connectivity index (χ4v) is 3.89. The fraction of sp³-hybridized carbons (Fsp3) is 0.588. The van der Waals surface area contributed by atoms with Crippen LogP contribution >= 0.6 is 0 Å². The minimum absolute atomic E-state index is 0.0694. The molecule has 1 unspecified atom stereocenters. The Labute approximate surface area is 143 Å². The number of sulfonamides is 1. The standard InChI is InChI=1S/C17H24N2O4S/c1-12(2)24(21,22)18-13-6-7-16-15(11-13)17(20)19-9-4-3-5-14(19)8-10-23-16/h6-7,11-12,14,18H,3-5,8-10H2,1-2H3. The Balaban J connectivity index is 1.93. The largest absolute Gasteiger partial charge is 0.493 e. The van der Waals surface area contributed by atoms with Crippen LogP contribution < -0.4 is 9.46 Å². The molecule has 1 atom stereocenters. The summed E-state index contributed by atoms with van der Waals surface area (Å²) < 4.78 is 32.4. The minimum Gasteiger partial charge on any atom is -0.493 e. The van der Waals surface area contributed by atoms with Gasteiger partial charge in [-0.3, -0.25) is 9.52 Å². The quantitative estimate of drug-likeness (QED) is 0.907. The van der Waals surface area contributed by atoms with Gasteiger partial charge >= 0.3 is 0 Å². The molecule has 1 amide bonds. The number of piperidine rings is 1. The summed E-state index contributed by atoms with van der Waals surface area (Å²) in [6.07, 6.45) is 3.99. The molecule has 132 valence electrons. The lowest BCUT2D eigenvalue weighted by Gasteiger charge is -2.37. The van der Waals surface area contributed by atoms with Gasteiger partial charge in [0, 0.05) is 24.7 Å². The number of benzene rings is 1. The fourth-order valence-electron chi connectivity index (χ4n) is 3.20. The van der Waals surface area contributed by atoms with Crippen molar-refractivity contribution in [1.29, 1.82) is 0 Å². The van der Waals surface area contributed by atoms with Gasteiger partial charge < -0.3 is 9.64 Å². The average Bonchev–Trinajstić information content (AvgIpc) is 2.54. The summed E-state index contributed by atoms with van der Waals surface area (Å²) >= 11 is 0. The van der Waals surface area contributed by atoms with Crippen LogP contribution in [0.5, 0.6) is 5.75 Å². The van der Waals surface area contributed by atoms with E-state index in [-0.39, 0.29) is 11.9 Å². The van der Waals surface area contributed by atoms with E-state index < -0.39 is 15.3 Å². The number of anilines is 1. The van der Waals surface area contributed by atoms with Gasteiger partial charge in [0.25, 0.3) is 5.91 Å². The minimum atomic E-state index is -3.45. The zero-order valence-corrected chi connectivity index (χ0v) is 14.9. The van der Waals surface area contributed by atoms with Crippen molar-refractivity contribution in [3.63, 3.8) is 0 Å². The SMILES string of the molecule is CC(C)S(=O)(=O)Nc1ccc2c(c1)C(=O)N1CCCCC1CCO2. The van der Waals surface area contributed by atoms with E-state index in [1.54, 1.807) is 32.0 Å². The van der Waals surface area contributed by atoms with Gasteiger partial charge in [0.05, 0.1) is 17.4 Å². The van der Waals surface area contributed by atoms with Gasteiger partial charge in [0.1, 0.15) is 5.75 Å². The van der Waals surface area contributed by atoms with Gasteiger partial charge in [0.15, 0.2) is 0 Å². The van der Waals surface area contributed by atoms with E-state index in [1.807, 2.05) is 4.90 Å². The monoisotopic (exact) mass is 352 g/mol. The average molecular weight is 352 g/mol. The molecule has 0 bridgehead atoms. The van der Waals surface area contributed by atoms with E-state index >= 15 is 0 Å². The van der Waals surface area contributed by atoms with Crippen molar-refractivity contribution >= 4 is 21.6 Å². The molecule has 0 radical (unpaired) electrons. The van der Waals surface area contributed by atoms with Gasteiger partial charge in [0.2, 0.25) is 10.0 Å². The van der Waals surface area contributed by atoms with Crippen LogP contribution in [0.3, 0.4) is 0 Å². The normalized spacial score (nSPS) is 21.4. The summed E-state index contributed by atoms with van der Waals surface area (Å²) in [5, 5.41) is -0.544. The molecule has 0 aliphatic carbocycles. The van der Waals surface area contributed by atoms with E-state index in [9.17, 15) is 13.2 Å². The number of rotatable bonds is 3. The predicted octanol–water partition coefficient (Wildman–Crippen LogP) is 2.61. The Bertz CT molecular complexity index is 730. The van der Waals surface area contributed by atoms with E-state index in [1.165, 1.54) is 0 Å². The molecule has 0 aromatic heterocycles. The summed E-state index contributed by atoms with van der Waals surface area (Å²) in [4.78, 5) is 14.9. The molecule has 0 saturated carbocycles. The maximum Gasteiger partial charge on any atom is 0.257 e. The second-order valence-electron chi connectivity index (χ2n) is 6.69. The van der Waals surface area contributed by atoms with Crippen molar-refractivity contribution in [2.75, 3.05) is 17.9 Å². The molecule has 3 rings (SSSR count). The summed E-state index contributed by atoms with van der Waals surface area (Å²) in [7, 11) is -3.45. The van der Waals surface area contributed by atoms with Gasteiger partial charge in [-0.15, -0.1) is 0 Å². The summed E-state index contributed by atoms with van der Waals surface area (Å²) in [6.45, 7) is 4.55. The molecule has 0 spiro atoms. The number of carbonyl (C=O) groups is 1. The molecule has 2 aliphatic heterocycles. The van der Waals surface area contributed by atoms with E-state index in [4.69, 9.17) is 4.74 Å². The van der Waals surface area contributed by atoms with Gasteiger partial charge in [-0.1, -0.05) is 0 Å². The molecular formula is C17H24N2O4S. The van der Waals surface area contributed by atoms with E-state index in [0.29, 0.717) is 23.6 Å². The van der Waals surface area contributed by atoms with E-state index in [2.05, 4.69) is 4.72 Å². The highest BCUT2D eigenvalue weighted by atomic mass is 32.2. The molecule has 1 aromatic carbocycles. The molecular weight excluding hydrogens is 328 g/mol. The molecule has 2 heterocycles. The summed E-state index contributed by atoms with van der Waals surface area (Å²) in [5.41, 5.74) is 0.832. The third-order valence-electron chi connectivity index (χ3n) is 4.69. The molecule has 1 fully saturated rings. The lowest BCUT2D eigenvalue weighted by molar-refractivity contribution is 0.0548. The number of amides is 1. The van der Waals surface area contributed by atoms with Crippen LogP contribution in [-0.4, -0.2) is 43.7 Å². The topological polar surface area (TPSA) is 75.7 Å². The van der Waals surface area contributed by atoms with Gasteiger partial charge in [-0.05, 0) is 51.3 Å². The zero-order chi connectivity index (χ0) is 17.3. The highest BCUT2D eigenvalue weighted by molar-refractivity contribution is 7.93. The third kappa shape index (κ3) is 3.36. The van der Waals surface area contributed by atoms with Crippen molar-refractivity contribution < 1.29 is 17.9 Å². The van der Waals surface area contributed by atoms with Gasteiger partial charge in [-0.25, -0.2) is 8.42 Å². The lowest BCUT2D eigenvalue weighted by atomic mass is 9.97. The molecule has 1 N–H and O–H groups in total. The molecule has 1 aromatic rings. The first kappa shape index (κ1) is 17.1. The maximum atomic E-state index is 12.9. The van der Waals surface area contributed by atoms with E-state index in [0.717, 1.165) is 32.2 Å². The Morgan fingerprint density at radius 1 is 1.25 bits per heavy atom. The maximum absolute atomic E-state index is 12.9. The molecule has 1 saturated heterocycles. The Hall–Kier alpha value is -1.76. The number of carbonyl (C=O) groups excluding carboxylic acids is 1. The number of nitrogens with one attached hydrogen (secondary N) is 1. The van der Waals surface area contributed by atoms with Crippen LogP contribution in [0.25, 0.3) is 0 Å². The molecule has 7 heteroatoms. The zero-order valence-electron chi connectivity index (χ0n) is 14.1. The smallest absolute Gasteiger partial charge is 0.257 e. The van der Waals surface area contributed by atoms with Crippen molar-refractivity contribution in [2.45, 2.75) is 50.8 Å². The van der Waals surface area contributed by atoms with Crippen molar-refractivity contribution in [1.82, 2.24) is 4.90 Å². The highest BCUT2D eigenvalue weighted by Crippen LogP contribution is 2.31.